The van der Waals surface area contributed by atoms with E-state index < -0.39 is 30.0 Å². The number of esters is 1. The molecule has 1 saturated heterocycles. The van der Waals surface area contributed by atoms with E-state index in [2.05, 4.69) is 10.3 Å². The van der Waals surface area contributed by atoms with Crippen molar-refractivity contribution in [2.75, 3.05) is 20.8 Å². The first-order valence-corrected chi connectivity index (χ1v) is 10.6. The molecule has 1 aliphatic heterocycles. The average Bonchev–Trinajstić information content (AvgIpc) is 3.32. The zero-order chi connectivity index (χ0) is 24.4. The first kappa shape index (κ1) is 24.7. The second-order valence-corrected chi connectivity index (χ2v) is 8.50. The first-order valence-electron chi connectivity index (χ1n) is 10.6. The monoisotopic (exact) mass is 461 g/mol. The lowest BCUT2D eigenvalue weighted by atomic mass is 9.82. The summed E-state index contributed by atoms with van der Waals surface area (Å²) in [5, 5.41) is 7.80. The summed E-state index contributed by atoms with van der Waals surface area (Å²) < 4.78 is 45.0. The number of carbonyl (C=O) groups excluding carboxylic acids is 1. The molecule has 178 valence electrons. The number of hydrogen-bond acceptors (Lipinski definition) is 8. The maximum Gasteiger partial charge on any atom is 0.525 e. The van der Waals surface area contributed by atoms with Crippen molar-refractivity contribution in [3.63, 3.8) is 0 Å². The Balaban J connectivity index is 2.08. The molecule has 0 amide bonds. The Morgan fingerprint density at radius 3 is 2.39 bits per heavy atom. The molecule has 0 unspecified atom stereocenters. The van der Waals surface area contributed by atoms with Crippen LogP contribution in [0.4, 0.5) is 4.39 Å². The van der Waals surface area contributed by atoms with Crippen molar-refractivity contribution in [3.05, 3.63) is 41.4 Å². The molecule has 1 aromatic heterocycles. The molecular weight excluding hydrogens is 432 g/mol. The summed E-state index contributed by atoms with van der Waals surface area (Å²) >= 11 is 0. The molecule has 3 rings (SSSR count). The molecule has 0 saturated carbocycles. The van der Waals surface area contributed by atoms with Crippen molar-refractivity contribution in [1.82, 2.24) is 15.0 Å². The van der Waals surface area contributed by atoms with Crippen molar-refractivity contribution in [3.8, 4) is 11.5 Å². The summed E-state index contributed by atoms with van der Waals surface area (Å²) in [6.07, 6.45) is 1.39. The Morgan fingerprint density at radius 2 is 1.82 bits per heavy atom. The third kappa shape index (κ3) is 5.04. The highest BCUT2D eigenvalue weighted by molar-refractivity contribution is 6.55. The van der Waals surface area contributed by atoms with Crippen LogP contribution in [-0.2, 0) is 20.6 Å². The summed E-state index contributed by atoms with van der Waals surface area (Å²) in [6, 6.07) is 5.04. The van der Waals surface area contributed by atoms with E-state index in [0.29, 0.717) is 17.1 Å². The predicted molar refractivity (Wildman–Crippen MR) is 120 cm³/mol. The number of nitrogens with zero attached hydrogens (tertiary/aromatic N) is 3. The van der Waals surface area contributed by atoms with Gasteiger partial charge in [-0.1, -0.05) is 5.21 Å². The van der Waals surface area contributed by atoms with Gasteiger partial charge < -0.3 is 23.5 Å². The average molecular weight is 461 g/mol. The summed E-state index contributed by atoms with van der Waals surface area (Å²) in [5.74, 6) is 0.318. The SMILES string of the molecule is CCOC(=O)c1cn(CC(=C(F)B2OC(C)(C)C(C)(C)O2)c2cc(OC)ccc2OC)nn1. The zero-order valence-electron chi connectivity index (χ0n) is 20.0. The molecule has 1 aliphatic rings. The highest BCUT2D eigenvalue weighted by atomic mass is 19.1. The molecule has 33 heavy (non-hydrogen) atoms. The largest absolute Gasteiger partial charge is 0.525 e. The van der Waals surface area contributed by atoms with Crippen molar-refractivity contribution >= 4 is 18.7 Å². The van der Waals surface area contributed by atoms with Crippen LogP contribution in [0.5, 0.6) is 11.5 Å². The van der Waals surface area contributed by atoms with Gasteiger partial charge in [-0.2, -0.15) is 0 Å². The minimum atomic E-state index is -1.24. The van der Waals surface area contributed by atoms with E-state index in [9.17, 15) is 4.79 Å². The smallest absolute Gasteiger partial charge is 0.497 e. The summed E-state index contributed by atoms with van der Waals surface area (Å²) in [6.45, 7) is 9.19. The van der Waals surface area contributed by atoms with Gasteiger partial charge in [-0.25, -0.2) is 13.9 Å². The van der Waals surface area contributed by atoms with Crippen LogP contribution in [0, 0.1) is 0 Å². The van der Waals surface area contributed by atoms with Gasteiger partial charge in [-0.15, -0.1) is 5.10 Å². The Kier molecular flexibility index (Phi) is 7.13. The summed E-state index contributed by atoms with van der Waals surface area (Å²) in [7, 11) is 1.76. The van der Waals surface area contributed by atoms with Crippen LogP contribution < -0.4 is 9.47 Å². The van der Waals surface area contributed by atoms with Crippen LogP contribution in [0.2, 0.25) is 0 Å². The lowest BCUT2D eigenvalue weighted by molar-refractivity contribution is 0.00578. The fourth-order valence-electron chi connectivity index (χ4n) is 3.26. The van der Waals surface area contributed by atoms with Gasteiger partial charge in [0.2, 0.25) is 0 Å². The number of ether oxygens (including phenoxy) is 3. The minimum absolute atomic E-state index is 0.0184. The van der Waals surface area contributed by atoms with E-state index >= 15 is 4.39 Å². The molecule has 0 N–H and O–H groups in total. The molecule has 0 bridgehead atoms. The highest BCUT2D eigenvalue weighted by Crippen LogP contribution is 2.41. The number of halogens is 1. The first-order chi connectivity index (χ1) is 15.5. The maximum atomic E-state index is 16.0. The Bertz CT molecular complexity index is 1040. The Labute approximate surface area is 192 Å². The number of rotatable bonds is 8. The Morgan fingerprint density at radius 1 is 1.15 bits per heavy atom. The number of allylic oxidation sites excluding steroid dienone is 1. The van der Waals surface area contributed by atoms with Crippen LogP contribution in [0.1, 0.15) is 50.7 Å². The molecule has 2 heterocycles. The number of carbonyl (C=O) groups is 1. The molecule has 2 aromatic rings. The van der Waals surface area contributed by atoms with Gasteiger partial charge in [0.25, 0.3) is 0 Å². The van der Waals surface area contributed by atoms with E-state index in [-0.39, 0.29) is 24.4 Å². The predicted octanol–water partition coefficient (Wildman–Crippen LogP) is 3.48. The fourth-order valence-corrected chi connectivity index (χ4v) is 3.26. The van der Waals surface area contributed by atoms with Gasteiger partial charge in [0, 0.05) is 11.1 Å². The Hall–Kier alpha value is -2.92. The molecule has 0 spiro atoms. The van der Waals surface area contributed by atoms with E-state index in [1.54, 1.807) is 25.1 Å². The van der Waals surface area contributed by atoms with Gasteiger partial charge in [0.05, 0.1) is 44.8 Å². The zero-order valence-corrected chi connectivity index (χ0v) is 20.0. The molecule has 0 radical (unpaired) electrons. The summed E-state index contributed by atoms with van der Waals surface area (Å²) in [5.41, 5.74) is -1.48. The molecular formula is C22H29BFN3O6. The van der Waals surface area contributed by atoms with Crippen LogP contribution in [0.25, 0.3) is 5.57 Å². The molecule has 1 aromatic carbocycles. The fraction of sp³-hybridized carbons (Fsp3) is 0.500. The van der Waals surface area contributed by atoms with Crippen LogP contribution in [0.3, 0.4) is 0 Å². The molecule has 9 nitrogen and oxygen atoms in total. The van der Waals surface area contributed by atoms with Gasteiger partial charge in [-0.3, -0.25) is 0 Å². The molecule has 1 fully saturated rings. The normalized spacial score (nSPS) is 17.5. The number of aromatic nitrogens is 3. The van der Waals surface area contributed by atoms with Gasteiger partial charge in [-0.05, 0) is 52.8 Å². The lowest BCUT2D eigenvalue weighted by Crippen LogP contribution is -2.41. The second kappa shape index (κ2) is 9.52. The summed E-state index contributed by atoms with van der Waals surface area (Å²) in [4.78, 5) is 12.0. The topological polar surface area (TPSA) is 93.9 Å². The highest BCUT2D eigenvalue weighted by Gasteiger charge is 2.53. The van der Waals surface area contributed by atoms with Gasteiger partial charge in [0.1, 0.15) is 17.2 Å². The third-order valence-corrected chi connectivity index (χ3v) is 5.82. The lowest BCUT2D eigenvalue weighted by Gasteiger charge is -2.32. The van der Waals surface area contributed by atoms with Crippen LogP contribution in [-0.4, -0.2) is 60.1 Å². The van der Waals surface area contributed by atoms with Crippen LogP contribution >= 0.6 is 0 Å². The quantitative estimate of drug-likeness (QED) is 0.436. The standard InChI is InChI=1S/C22H29BFN3O6/c1-8-31-20(28)17-13-27(26-25-17)12-16(15-11-14(29-6)9-10-18(15)30-7)19(24)23-32-21(2,3)22(4,5)33-23/h9-11,13H,8,12H2,1-7H3. The van der Waals surface area contributed by atoms with E-state index in [1.165, 1.54) is 25.1 Å². The number of hydrogen-bond donors (Lipinski definition) is 0. The van der Waals surface area contributed by atoms with Crippen LogP contribution in [0.15, 0.2) is 30.1 Å². The second-order valence-electron chi connectivity index (χ2n) is 8.50. The van der Waals surface area contributed by atoms with Crippen molar-refractivity contribution in [2.24, 2.45) is 0 Å². The minimum Gasteiger partial charge on any atom is -0.497 e. The van der Waals surface area contributed by atoms with E-state index in [4.69, 9.17) is 23.5 Å². The number of methoxy groups -OCH3 is 2. The van der Waals surface area contributed by atoms with Gasteiger partial charge in [0.15, 0.2) is 5.69 Å². The molecule has 11 heteroatoms. The number of benzene rings is 1. The van der Waals surface area contributed by atoms with E-state index in [1.807, 2.05) is 27.7 Å². The van der Waals surface area contributed by atoms with Crippen molar-refractivity contribution in [1.29, 1.82) is 0 Å². The van der Waals surface area contributed by atoms with Gasteiger partial charge >= 0.3 is 13.1 Å². The third-order valence-electron chi connectivity index (χ3n) is 5.82. The molecule has 0 aliphatic carbocycles. The van der Waals surface area contributed by atoms with E-state index in [0.717, 1.165) is 0 Å². The van der Waals surface area contributed by atoms with Crippen molar-refractivity contribution in [2.45, 2.75) is 52.4 Å². The maximum absolute atomic E-state index is 16.0. The van der Waals surface area contributed by atoms with Crippen molar-refractivity contribution < 1.29 is 32.7 Å². The molecule has 0 atom stereocenters.